The van der Waals surface area contributed by atoms with Crippen LogP contribution in [0.1, 0.15) is 6.92 Å². The van der Waals surface area contributed by atoms with E-state index in [0.717, 1.165) is 0 Å². The summed E-state index contributed by atoms with van der Waals surface area (Å²) < 4.78 is 15.6. The molecular formula is C12H22O9. The Morgan fingerprint density at radius 3 is 2.24 bits per heavy atom. The molecule has 2 fully saturated rings. The molecule has 0 unspecified atom stereocenters. The lowest BCUT2D eigenvalue weighted by Crippen LogP contribution is -2.59. The monoisotopic (exact) mass is 310 g/mol. The van der Waals surface area contributed by atoms with Gasteiger partial charge in [0.05, 0.1) is 19.3 Å². The zero-order valence-electron chi connectivity index (χ0n) is 11.5. The van der Waals surface area contributed by atoms with E-state index in [1.165, 1.54) is 6.92 Å². The fraction of sp³-hybridized carbons (Fsp3) is 1.00. The van der Waals surface area contributed by atoms with Crippen molar-refractivity contribution in [2.24, 2.45) is 0 Å². The Morgan fingerprint density at radius 2 is 1.57 bits per heavy atom. The van der Waals surface area contributed by atoms with Gasteiger partial charge in [0, 0.05) is 0 Å². The quantitative estimate of drug-likeness (QED) is 0.310. The third-order valence-electron chi connectivity index (χ3n) is 3.84. The van der Waals surface area contributed by atoms with Crippen molar-refractivity contribution in [1.29, 1.82) is 0 Å². The summed E-state index contributed by atoms with van der Waals surface area (Å²) >= 11 is 0. The second kappa shape index (κ2) is 6.82. The minimum atomic E-state index is -1.45. The first-order valence-corrected chi connectivity index (χ1v) is 6.80. The number of aliphatic hydroxyl groups is 6. The summed E-state index contributed by atoms with van der Waals surface area (Å²) in [5.74, 6) is 0. The number of hydrogen-bond donors (Lipinski definition) is 6. The molecule has 2 saturated heterocycles. The zero-order valence-corrected chi connectivity index (χ0v) is 11.5. The molecule has 6 N–H and O–H groups in total. The van der Waals surface area contributed by atoms with E-state index in [-0.39, 0.29) is 13.2 Å². The van der Waals surface area contributed by atoms with Gasteiger partial charge in [-0.1, -0.05) is 0 Å². The minimum Gasteiger partial charge on any atom is -0.388 e. The Bertz CT molecular complexity index is 341. The smallest absolute Gasteiger partial charge is 0.186 e. The highest BCUT2D eigenvalue weighted by atomic mass is 16.7. The maximum Gasteiger partial charge on any atom is 0.186 e. The van der Waals surface area contributed by atoms with Crippen LogP contribution in [0.15, 0.2) is 0 Å². The average Bonchev–Trinajstić information content (AvgIpc) is 2.46. The predicted molar refractivity (Wildman–Crippen MR) is 66.1 cm³/mol. The van der Waals surface area contributed by atoms with Crippen molar-refractivity contribution in [1.82, 2.24) is 0 Å². The van der Waals surface area contributed by atoms with E-state index in [4.69, 9.17) is 14.2 Å². The topological polar surface area (TPSA) is 149 Å². The lowest BCUT2D eigenvalue weighted by Gasteiger charge is -2.40. The van der Waals surface area contributed by atoms with Crippen molar-refractivity contribution in [3.63, 3.8) is 0 Å². The van der Waals surface area contributed by atoms with Gasteiger partial charge in [-0.3, -0.25) is 0 Å². The van der Waals surface area contributed by atoms with Gasteiger partial charge in [-0.2, -0.15) is 0 Å². The Labute approximate surface area is 121 Å². The van der Waals surface area contributed by atoms with Gasteiger partial charge in [0.25, 0.3) is 0 Å². The highest BCUT2D eigenvalue weighted by Gasteiger charge is 2.44. The molecule has 0 amide bonds. The molecule has 9 nitrogen and oxygen atoms in total. The first-order chi connectivity index (χ1) is 9.82. The highest BCUT2D eigenvalue weighted by Crippen LogP contribution is 2.23. The van der Waals surface area contributed by atoms with Crippen LogP contribution < -0.4 is 0 Å². The van der Waals surface area contributed by atoms with Crippen LogP contribution in [-0.4, -0.2) is 99.0 Å². The largest absolute Gasteiger partial charge is 0.388 e. The highest BCUT2D eigenvalue weighted by molar-refractivity contribution is 4.89. The SMILES string of the molecule is C[C@@H]1O[C@H](OC[C@H]2OC[C@H](O)[C@@H](O)[C@@H]2O)[C@H](O)[C@H](O)[C@H]1O. The summed E-state index contributed by atoms with van der Waals surface area (Å²) in [6.07, 6.45) is -10.8. The molecule has 0 spiro atoms. The summed E-state index contributed by atoms with van der Waals surface area (Å²) in [7, 11) is 0. The van der Waals surface area contributed by atoms with Crippen LogP contribution in [0.4, 0.5) is 0 Å². The lowest BCUT2D eigenvalue weighted by atomic mass is 9.99. The van der Waals surface area contributed by atoms with Crippen molar-refractivity contribution in [3.05, 3.63) is 0 Å². The fourth-order valence-corrected chi connectivity index (χ4v) is 2.35. The van der Waals surface area contributed by atoms with Gasteiger partial charge in [-0.05, 0) is 6.92 Å². The zero-order chi connectivity index (χ0) is 15.7. The molecule has 2 aliphatic rings. The summed E-state index contributed by atoms with van der Waals surface area (Å²) in [5.41, 5.74) is 0. The van der Waals surface area contributed by atoms with Crippen LogP contribution in [-0.2, 0) is 14.2 Å². The van der Waals surface area contributed by atoms with Crippen molar-refractivity contribution in [2.75, 3.05) is 13.2 Å². The Morgan fingerprint density at radius 1 is 0.905 bits per heavy atom. The van der Waals surface area contributed by atoms with E-state index in [0.29, 0.717) is 0 Å². The maximum atomic E-state index is 9.76. The molecule has 0 aromatic heterocycles. The van der Waals surface area contributed by atoms with Crippen LogP contribution in [0.2, 0.25) is 0 Å². The first-order valence-electron chi connectivity index (χ1n) is 6.80. The number of rotatable bonds is 3. The van der Waals surface area contributed by atoms with Gasteiger partial charge in [-0.15, -0.1) is 0 Å². The second-order valence-corrected chi connectivity index (χ2v) is 5.44. The van der Waals surface area contributed by atoms with Gasteiger partial charge < -0.3 is 44.8 Å². The summed E-state index contributed by atoms with van der Waals surface area (Å²) in [4.78, 5) is 0. The Kier molecular flexibility index (Phi) is 5.52. The van der Waals surface area contributed by atoms with Gasteiger partial charge in [0.1, 0.15) is 42.7 Å². The molecule has 0 aliphatic carbocycles. The van der Waals surface area contributed by atoms with Crippen molar-refractivity contribution < 1.29 is 44.8 Å². The van der Waals surface area contributed by atoms with Crippen LogP contribution >= 0.6 is 0 Å². The third-order valence-corrected chi connectivity index (χ3v) is 3.84. The van der Waals surface area contributed by atoms with Crippen molar-refractivity contribution in [3.8, 4) is 0 Å². The normalized spacial score (nSPS) is 51.9. The average molecular weight is 310 g/mol. The molecule has 9 atom stereocenters. The van der Waals surface area contributed by atoms with E-state index < -0.39 is 55.1 Å². The number of hydrogen-bond acceptors (Lipinski definition) is 9. The van der Waals surface area contributed by atoms with Gasteiger partial charge in [-0.25, -0.2) is 0 Å². The summed E-state index contributed by atoms with van der Waals surface area (Å²) in [6, 6.07) is 0. The summed E-state index contributed by atoms with van der Waals surface area (Å²) in [6.45, 7) is 1.14. The molecule has 2 rings (SSSR count). The molecule has 2 aliphatic heterocycles. The van der Waals surface area contributed by atoms with Crippen LogP contribution in [0.25, 0.3) is 0 Å². The molecule has 0 aromatic carbocycles. The molecule has 9 heteroatoms. The van der Waals surface area contributed by atoms with Crippen LogP contribution in [0.5, 0.6) is 0 Å². The number of aliphatic hydroxyl groups excluding tert-OH is 6. The van der Waals surface area contributed by atoms with E-state index >= 15 is 0 Å². The van der Waals surface area contributed by atoms with E-state index in [1.54, 1.807) is 0 Å². The maximum absolute atomic E-state index is 9.76. The van der Waals surface area contributed by atoms with Crippen molar-refractivity contribution in [2.45, 2.75) is 62.0 Å². The molecule has 21 heavy (non-hydrogen) atoms. The standard InChI is InChI=1S/C12H22O9/c1-4-7(14)10(17)11(18)12(21-4)20-3-6-9(16)8(15)5(13)2-19-6/h4-18H,2-3H2,1H3/t4-,5-,6+,7-,8+,9+,10+,11+,12-/m0/s1. The molecular weight excluding hydrogens is 288 g/mol. The summed E-state index contributed by atoms with van der Waals surface area (Å²) in [5, 5.41) is 57.5. The molecule has 0 radical (unpaired) electrons. The number of ether oxygens (including phenoxy) is 3. The van der Waals surface area contributed by atoms with Crippen LogP contribution in [0.3, 0.4) is 0 Å². The van der Waals surface area contributed by atoms with Crippen LogP contribution in [0, 0.1) is 0 Å². The predicted octanol–water partition coefficient (Wildman–Crippen LogP) is -3.69. The van der Waals surface area contributed by atoms with E-state index in [1.807, 2.05) is 0 Å². The van der Waals surface area contributed by atoms with Gasteiger partial charge in [0.15, 0.2) is 6.29 Å². The molecule has 0 bridgehead atoms. The Balaban J connectivity index is 1.88. The molecule has 0 saturated carbocycles. The van der Waals surface area contributed by atoms with Gasteiger partial charge in [0.2, 0.25) is 0 Å². The van der Waals surface area contributed by atoms with E-state index in [2.05, 4.69) is 0 Å². The second-order valence-electron chi connectivity index (χ2n) is 5.44. The third kappa shape index (κ3) is 3.52. The molecule has 2 heterocycles. The van der Waals surface area contributed by atoms with E-state index in [9.17, 15) is 30.6 Å². The minimum absolute atomic E-state index is 0.155. The molecule has 0 aromatic rings. The molecule has 124 valence electrons. The Hall–Kier alpha value is -0.360. The van der Waals surface area contributed by atoms with Gasteiger partial charge >= 0.3 is 0 Å². The van der Waals surface area contributed by atoms with Crippen molar-refractivity contribution >= 4 is 0 Å². The first kappa shape index (κ1) is 17.0. The lowest BCUT2D eigenvalue weighted by molar-refractivity contribution is -0.304. The fourth-order valence-electron chi connectivity index (χ4n) is 2.35.